The first-order valence-corrected chi connectivity index (χ1v) is 6.13. The number of carbonyl (C=O) groups is 1. The first-order valence-electron chi connectivity index (χ1n) is 6.13. The quantitative estimate of drug-likeness (QED) is 0.868. The highest BCUT2D eigenvalue weighted by Gasteiger charge is 2.53. The Kier molecular flexibility index (Phi) is 2.18. The van der Waals surface area contributed by atoms with Gasteiger partial charge in [-0.25, -0.2) is 0 Å². The molecule has 0 unspecified atom stereocenters. The van der Waals surface area contributed by atoms with Gasteiger partial charge < -0.3 is 9.84 Å². The highest BCUT2D eigenvalue weighted by molar-refractivity contribution is 5.86. The second kappa shape index (κ2) is 3.49. The van der Waals surface area contributed by atoms with Crippen molar-refractivity contribution < 1.29 is 14.6 Å². The molecule has 2 aliphatic carbocycles. The van der Waals surface area contributed by atoms with E-state index in [-0.39, 0.29) is 0 Å². The minimum Gasteiger partial charge on any atom is -0.490 e. The van der Waals surface area contributed by atoms with Crippen molar-refractivity contribution in [3.05, 3.63) is 29.3 Å². The van der Waals surface area contributed by atoms with E-state index in [1.165, 1.54) is 0 Å². The van der Waals surface area contributed by atoms with E-state index in [0.29, 0.717) is 6.10 Å². The fourth-order valence-electron chi connectivity index (χ4n) is 2.21. The van der Waals surface area contributed by atoms with Crippen LogP contribution in [-0.4, -0.2) is 17.2 Å². The number of hydrogen-bond acceptors (Lipinski definition) is 2. The summed E-state index contributed by atoms with van der Waals surface area (Å²) < 4.78 is 5.82. The van der Waals surface area contributed by atoms with Gasteiger partial charge >= 0.3 is 5.97 Å². The fraction of sp³-hybridized carbons (Fsp3) is 0.500. The maximum atomic E-state index is 11.4. The van der Waals surface area contributed by atoms with Gasteiger partial charge in [-0.2, -0.15) is 0 Å². The molecule has 3 rings (SSSR count). The highest BCUT2D eigenvalue weighted by Crippen LogP contribution is 2.52. The number of ether oxygens (including phenoxy) is 1. The molecule has 2 fully saturated rings. The summed E-state index contributed by atoms with van der Waals surface area (Å²) in [6, 6.07) is 5.88. The summed E-state index contributed by atoms with van der Waals surface area (Å²) >= 11 is 0. The third kappa shape index (κ3) is 1.79. The van der Waals surface area contributed by atoms with E-state index in [1.54, 1.807) is 0 Å². The Morgan fingerprint density at radius 3 is 2.65 bits per heavy atom. The van der Waals surface area contributed by atoms with Crippen LogP contribution >= 0.6 is 0 Å². The number of aliphatic carboxylic acids is 1. The molecule has 1 N–H and O–H groups in total. The third-order valence-electron chi connectivity index (χ3n) is 3.63. The van der Waals surface area contributed by atoms with Gasteiger partial charge in [0.2, 0.25) is 0 Å². The van der Waals surface area contributed by atoms with Crippen LogP contribution in [0, 0.1) is 6.92 Å². The van der Waals surface area contributed by atoms with Crippen LogP contribution in [0.15, 0.2) is 18.2 Å². The summed E-state index contributed by atoms with van der Waals surface area (Å²) in [6.07, 6.45) is 3.95. The molecule has 0 radical (unpaired) electrons. The maximum absolute atomic E-state index is 11.4. The molecule has 0 spiro atoms. The summed E-state index contributed by atoms with van der Waals surface area (Å²) in [5, 5.41) is 9.37. The van der Waals surface area contributed by atoms with Crippen LogP contribution < -0.4 is 4.74 Å². The number of aryl methyl sites for hydroxylation is 1. The van der Waals surface area contributed by atoms with Crippen molar-refractivity contribution >= 4 is 5.97 Å². The monoisotopic (exact) mass is 232 g/mol. The standard InChI is InChI=1S/C14H16O3/c1-9-2-5-12(17-10-3-4-10)11(8-9)14(6-7-14)13(15)16/h2,5,8,10H,3-4,6-7H2,1H3,(H,15,16). The van der Waals surface area contributed by atoms with E-state index in [2.05, 4.69) is 0 Å². The lowest BCUT2D eigenvalue weighted by molar-refractivity contribution is -0.140. The van der Waals surface area contributed by atoms with Crippen molar-refractivity contribution in [1.29, 1.82) is 0 Å². The lowest BCUT2D eigenvalue weighted by Gasteiger charge is -2.17. The van der Waals surface area contributed by atoms with Crippen molar-refractivity contribution in [2.45, 2.75) is 44.1 Å². The molecule has 0 atom stereocenters. The van der Waals surface area contributed by atoms with Crippen LogP contribution in [0.5, 0.6) is 5.75 Å². The first-order chi connectivity index (χ1) is 8.12. The van der Waals surface area contributed by atoms with Gasteiger partial charge in [0.1, 0.15) is 5.75 Å². The zero-order chi connectivity index (χ0) is 12.0. The normalized spacial score (nSPS) is 21.0. The summed E-state index contributed by atoms with van der Waals surface area (Å²) in [5.74, 6) is 0.0572. The van der Waals surface area contributed by atoms with Crippen molar-refractivity contribution in [1.82, 2.24) is 0 Å². The number of benzene rings is 1. The second-order valence-corrected chi connectivity index (χ2v) is 5.20. The van der Waals surface area contributed by atoms with E-state index in [1.807, 2.05) is 25.1 Å². The van der Waals surface area contributed by atoms with Crippen molar-refractivity contribution in [2.24, 2.45) is 0 Å². The number of carboxylic acid groups (broad SMARTS) is 1. The van der Waals surface area contributed by atoms with Gasteiger partial charge in [-0.1, -0.05) is 17.7 Å². The Morgan fingerprint density at radius 2 is 2.12 bits per heavy atom. The summed E-state index contributed by atoms with van der Waals surface area (Å²) in [6.45, 7) is 1.99. The van der Waals surface area contributed by atoms with Crippen LogP contribution in [0.1, 0.15) is 36.8 Å². The zero-order valence-electron chi connectivity index (χ0n) is 9.90. The molecule has 2 saturated carbocycles. The Labute approximate surface area is 100 Å². The third-order valence-corrected chi connectivity index (χ3v) is 3.63. The van der Waals surface area contributed by atoms with Crippen LogP contribution in [0.25, 0.3) is 0 Å². The zero-order valence-corrected chi connectivity index (χ0v) is 9.90. The maximum Gasteiger partial charge on any atom is 0.314 e. The average molecular weight is 232 g/mol. The summed E-state index contributed by atoms with van der Waals surface area (Å²) in [4.78, 5) is 11.4. The molecule has 1 aromatic carbocycles. The van der Waals surface area contributed by atoms with Crippen LogP contribution in [0.3, 0.4) is 0 Å². The molecular formula is C14H16O3. The first kappa shape index (κ1) is 10.6. The molecule has 0 amide bonds. The van der Waals surface area contributed by atoms with Crippen LogP contribution in [0.2, 0.25) is 0 Å². The summed E-state index contributed by atoms with van der Waals surface area (Å²) in [5.41, 5.74) is 1.29. The van der Waals surface area contributed by atoms with E-state index >= 15 is 0 Å². The molecule has 1 aromatic rings. The average Bonchev–Trinajstić information content (AvgIpc) is 3.13. The molecule has 2 aliphatic rings. The fourth-order valence-corrected chi connectivity index (χ4v) is 2.21. The molecule has 0 aliphatic heterocycles. The van der Waals surface area contributed by atoms with Gasteiger partial charge in [0.05, 0.1) is 11.5 Å². The van der Waals surface area contributed by atoms with Crippen molar-refractivity contribution in [3.63, 3.8) is 0 Å². The number of carboxylic acids is 1. The van der Waals surface area contributed by atoms with Crippen molar-refractivity contribution in [2.75, 3.05) is 0 Å². The smallest absolute Gasteiger partial charge is 0.314 e. The molecule has 3 nitrogen and oxygen atoms in total. The molecule has 0 heterocycles. The minimum atomic E-state index is -0.719. The van der Waals surface area contributed by atoms with Crippen LogP contribution in [-0.2, 0) is 10.2 Å². The number of rotatable bonds is 4. The minimum absolute atomic E-state index is 0.307. The van der Waals surface area contributed by atoms with Gasteiger partial charge in [0, 0.05) is 5.56 Å². The highest BCUT2D eigenvalue weighted by atomic mass is 16.5. The summed E-state index contributed by atoms with van der Waals surface area (Å²) in [7, 11) is 0. The largest absolute Gasteiger partial charge is 0.490 e. The van der Waals surface area contributed by atoms with E-state index in [0.717, 1.165) is 42.6 Å². The molecule has 90 valence electrons. The lowest BCUT2D eigenvalue weighted by Crippen LogP contribution is -2.21. The number of hydrogen-bond donors (Lipinski definition) is 1. The van der Waals surface area contributed by atoms with E-state index in [4.69, 9.17) is 4.74 Å². The van der Waals surface area contributed by atoms with Crippen LogP contribution in [0.4, 0.5) is 0 Å². The SMILES string of the molecule is Cc1ccc(OC2CC2)c(C2(C(=O)O)CC2)c1. The predicted octanol–water partition coefficient (Wildman–Crippen LogP) is 2.65. The molecule has 3 heteroatoms. The van der Waals surface area contributed by atoms with E-state index < -0.39 is 11.4 Å². The molecule has 0 bridgehead atoms. The molecule has 0 saturated heterocycles. The molecular weight excluding hydrogens is 216 g/mol. The van der Waals surface area contributed by atoms with Gasteiger partial charge in [-0.15, -0.1) is 0 Å². The molecule has 0 aromatic heterocycles. The van der Waals surface area contributed by atoms with Gasteiger partial charge in [-0.05, 0) is 38.7 Å². The lowest BCUT2D eigenvalue weighted by atomic mass is 9.93. The Bertz CT molecular complexity index is 470. The molecule has 17 heavy (non-hydrogen) atoms. The van der Waals surface area contributed by atoms with E-state index in [9.17, 15) is 9.90 Å². The van der Waals surface area contributed by atoms with Gasteiger partial charge in [0.25, 0.3) is 0 Å². The van der Waals surface area contributed by atoms with Gasteiger partial charge in [-0.3, -0.25) is 4.79 Å². The Hall–Kier alpha value is -1.51. The Balaban J connectivity index is 2.00. The topological polar surface area (TPSA) is 46.5 Å². The predicted molar refractivity (Wildman–Crippen MR) is 63.4 cm³/mol. The Morgan fingerprint density at radius 1 is 1.41 bits per heavy atom. The van der Waals surface area contributed by atoms with Gasteiger partial charge in [0.15, 0.2) is 0 Å². The second-order valence-electron chi connectivity index (χ2n) is 5.20. The van der Waals surface area contributed by atoms with Crippen molar-refractivity contribution in [3.8, 4) is 5.75 Å².